The SMILES string of the molecule is Cc1ccc(C(=O)Oc2ccc3c(c2)OC(N)=C(C#N)C3c2cccc(OCc3ccccc3F)c2)cc1. The zero-order valence-corrected chi connectivity index (χ0v) is 20.5. The molecule has 1 aliphatic heterocycles. The first-order valence-corrected chi connectivity index (χ1v) is 11.9. The van der Waals surface area contributed by atoms with Gasteiger partial charge in [-0.15, -0.1) is 0 Å². The molecule has 1 atom stereocenters. The van der Waals surface area contributed by atoms with Crippen LogP contribution in [0, 0.1) is 24.1 Å². The van der Waals surface area contributed by atoms with E-state index in [1.54, 1.807) is 66.7 Å². The highest BCUT2D eigenvalue weighted by Crippen LogP contribution is 2.44. The van der Waals surface area contributed by atoms with Crippen LogP contribution in [0.5, 0.6) is 17.2 Å². The van der Waals surface area contributed by atoms with Gasteiger partial charge in [-0.25, -0.2) is 9.18 Å². The summed E-state index contributed by atoms with van der Waals surface area (Å²) >= 11 is 0. The first-order chi connectivity index (χ1) is 18.4. The molecule has 2 N–H and O–H groups in total. The lowest BCUT2D eigenvalue weighted by Crippen LogP contribution is -2.21. The molecule has 0 bridgehead atoms. The third-order valence-electron chi connectivity index (χ3n) is 6.23. The first-order valence-electron chi connectivity index (χ1n) is 11.9. The van der Waals surface area contributed by atoms with Crippen LogP contribution in [0.4, 0.5) is 4.39 Å². The molecular formula is C31H23FN2O4. The molecular weight excluding hydrogens is 483 g/mol. The summed E-state index contributed by atoms with van der Waals surface area (Å²) in [4.78, 5) is 12.6. The molecule has 0 fully saturated rings. The van der Waals surface area contributed by atoms with Gasteiger partial charge in [-0.2, -0.15) is 5.26 Å². The summed E-state index contributed by atoms with van der Waals surface area (Å²) in [5.74, 6) is -0.256. The van der Waals surface area contributed by atoms with E-state index in [9.17, 15) is 14.4 Å². The Balaban J connectivity index is 1.42. The Morgan fingerprint density at radius 1 is 1.00 bits per heavy atom. The highest BCUT2D eigenvalue weighted by molar-refractivity contribution is 5.91. The number of aryl methyl sites for hydroxylation is 1. The van der Waals surface area contributed by atoms with E-state index >= 15 is 0 Å². The fourth-order valence-electron chi connectivity index (χ4n) is 4.26. The molecule has 0 saturated carbocycles. The van der Waals surface area contributed by atoms with Crippen LogP contribution in [-0.4, -0.2) is 5.97 Å². The number of nitriles is 1. The minimum Gasteiger partial charge on any atom is -0.489 e. The van der Waals surface area contributed by atoms with Crippen molar-refractivity contribution in [1.29, 1.82) is 5.26 Å². The van der Waals surface area contributed by atoms with Crippen LogP contribution in [0.2, 0.25) is 0 Å². The Kier molecular flexibility index (Phi) is 6.79. The van der Waals surface area contributed by atoms with E-state index in [1.807, 2.05) is 25.1 Å². The standard InChI is InChI=1S/C31H23FN2O4/c1-19-9-11-20(12-10-19)31(35)37-24-13-14-25-28(16-24)38-30(34)26(17-33)29(25)21-6-4-7-23(15-21)36-18-22-5-2-3-8-27(22)32/h2-16,29H,18,34H2,1H3. The second-order valence-electron chi connectivity index (χ2n) is 8.83. The second kappa shape index (κ2) is 10.5. The zero-order chi connectivity index (χ0) is 26.6. The summed E-state index contributed by atoms with van der Waals surface area (Å²) in [6.07, 6.45) is 0. The molecule has 0 radical (unpaired) electrons. The fraction of sp³-hybridized carbons (Fsp3) is 0.0968. The molecule has 1 heterocycles. The number of allylic oxidation sites excluding steroid dienone is 1. The molecule has 0 amide bonds. The molecule has 0 spiro atoms. The molecule has 38 heavy (non-hydrogen) atoms. The van der Waals surface area contributed by atoms with Crippen LogP contribution in [0.15, 0.2) is 102 Å². The van der Waals surface area contributed by atoms with Crippen molar-refractivity contribution in [2.45, 2.75) is 19.4 Å². The molecule has 4 aromatic rings. The summed E-state index contributed by atoms with van der Waals surface area (Å²) in [5.41, 5.74) is 9.68. The van der Waals surface area contributed by atoms with E-state index in [-0.39, 0.29) is 29.6 Å². The number of halogens is 1. The smallest absolute Gasteiger partial charge is 0.343 e. The van der Waals surface area contributed by atoms with Gasteiger partial charge in [0.2, 0.25) is 5.88 Å². The van der Waals surface area contributed by atoms with Crippen LogP contribution in [0.1, 0.15) is 38.5 Å². The Hall–Kier alpha value is -5.09. The van der Waals surface area contributed by atoms with Crippen molar-refractivity contribution in [3.05, 3.63) is 136 Å². The second-order valence-corrected chi connectivity index (χ2v) is 8.83. The van der Waals surface area contributed by atoms with E-state index in [4.69, 9.17) is 19.9 Å². The molecule has 0 saturated heterocycles. The quantitative estimate of drug-likeness (QED) is 0.249. The van der Waals surface area contributed by atoms with E-state index in [0.29, 0.717) is 28.2 Å². The van der Waals surface area contributed by atoms with Gasteiger partial charge in [0.25, 0.3) is 0 Å². The van der Waals surface area contributed by atoms with Crippen molar-refractivity contribution >= 4 is 5.97 Å². The number of rotatable bonds is 6. The maximum Gasteiger partial charge on any atom is 0.343 e. The molecule has 0 aromatic heterocycles. The number of ether oxygens (including phenoxy) is 3. The normalized spacial score (nSPS) is 14.2. The number of carbonyl (C=O) groups is 1. The number of nitrogens with zero attached hydrogens (tertiary/aromatic N) is 1. The van der Waals surface area contributed by atoms with Crippen molar-refractivity contribution < 1.29 is 23.4 Å². The van der Waals surface area contributed by atoms with Gasteiger partial charge in [0.1, 0.15) is 41.3 Å². The van der Waals surface area contributed by atoms with Gasteiger partial charge in [0.05, 0.1) is 11.5 Å². The lowest BCUT2D eigenvalue weighted by Gasteiger charge is -2.27. The van der Waals surface area contributed by atoms with E-state index in [1.165, 1.54) is 6.07 Å². The number of fused-ring (bicyclic) bond motifs is 1. The van der Waals surface area contributed by atoms with Crippen LogP contribution >= 0.6 is 0 Å². The van der Waals surface area contributed by atoms with Crippen molar-refractivity contribution in [3.8, 4) is 23.3 Å². The van der Waals surface area contributed by atoms with Crippen molar-refractivity contribution in [1.82, 2.24) is 0 Å². The van der Waals surface area contributed by atoms with Crippen molar-refractivity contribution in [3.63, 3.8) is 0 Å². The third kappa shape index (κ3) is 5.06. The molecule has 0 aliphatic carbocycles. The molecule has 1 unspecified atom stereocenters. The van der Waals surface area contributed by atoms with Gasteiger partial charge in [0, 0.05) is 17.2 Å². The maximum atomic E-state index is 14.0. The van der Waals surface area contributed by atoms with Gasteiger partial charge in [0.15, 0.2) is 0 Å². The Bertz CT molecular complexity index is 1590. The highest BCUT2D eigenvalue weighted by atomic mass is 19.1. The molecule has 7 heteroatoms. The lowest BCUT2D eigenvalue weighted by atomic mass is 9.83. The number of hydrogen-bond acceptors (Lipinski definition) is 6. The van der Waals surface area contributed by atoms with Gasteiger partial charge < -0.3 is 19.9 Å². The number of carbonyl (C=O) groups excluding carboxylic acids is 1. The van der Waals surface area contributed by atoms with E-state index in [0.717, 1.165) is 11.1 Å². The maximum absolute atomic E-state index is 14.0. The number of hydrogen-bond donors (Lipinski definition) is 1. The van der Waals surface area contributed by atoms with Crippen molar-refractivity contribution in [2.75, 3.05) is 0 Å². The summed E-state index contributed by atoms with van der Waals surface area (Å²) in [7, 11) is 0. The predicted molar refractivity (Wildman–Crippen MR) is 139 cm³/mol. The average molecular weight is 507 g/mol. The number of esters is 1. The van der Waals surface area contributed by atoms with Crippen LogP contribution < -0.4 is 19.9 Å². The largest absolute Gasteiger partial charge is 0.489 e. The van der Waals surface area contributed by atoms with Gasteiger partial charge in [-0.1, -0.05) is 54.1 Å². The van der Waals surface area contributed by atoms with E-state index in [2.05, 4.69) is 6.07 Å². The molecule has 5 rings (SSSR count). The number of nitrogens with two attached hydrogens (primary N) is 1. The molecule has 1 aliphatic rings. The summed E-state index contributed by atoms with van der Waals surface area (Å²) < 4.78 is 31.1. The molecule has 4 aromatic carbocycles. The summed E-state index contributed by atoms with van der Waals surface area (Å²) in [6, 6.07) is 27.8. The summed E-state index contributed by atoms with van der Waals surface area (Å²) in [6.45, 7) is 1.99. The average Bonchev–Trinajstić information content (AvgIpc) is 2.92. The monoisotopic (exact) mass is 506 g/mol. The Morgan fingerprint density at radius 2 is 1.79 bits per heavy atom. The van der Waals surface area contributed by atoms with Crippen LogP contribution in [0.25, 0.3) is 0 Å². The Labute approximate surface area is 219 Å². The van der Waals surface area contributed by atoms with E-state index < -0.39 is 11.9 Å². The third-order valence-corrected chi connectivity index (χ3v) is 6.23. The fourth-order valence-corrected chi connectivity index (χ4v) is 4.26. The predicted octanol–water partition coefficient (Wildman–Crippen LogP) is 6.15. The van der Waals surface area contributed by atoms with Gasteiger partial charge >= 0.3 is 5.97 Å². The van der Waals surface area contributed by atoms with Crippen LogP contribution in [0.3, 0.4) is 0 Å². The minimum atomic E-state index is -0.539. The van der Waals surface area contributed by atoms with Gasteiger partial charge in [-0.05, 0) is 48.9 Å². The summed E-state index contributed by atoms with van der Waals surface area (Å²) in [5, 5.41) is 9.88. The lowest BCUT2D eigenvalue weighted by molar-refractivity contribution is 0.0734. The highest BCUT2D eigenvalue weighted by Gasteiger charge is 2.31. The topological polar surface area (TPSA) is 94.6 Å². The minimum absolute atomic E-state index is 0.0373. The zero-order valence-electron chi connectivity index (χ0n) is 20.5. The Morgan fingerprint density at radius 3 is 2.55 bits per heavy atom. The van der Waals surface area contributed by atoms with Crippen molar-refractivity contribution in [2.24, 2.45) is 5.73 Å². The number of benzene rings is 4. The first kappa shape index (κ1) is 24.6. The molecule has 6 nitrogen and oxygen atoms in total. The van der Waals surface area contributed by atoms with Crippen LogP contribution in [-0.2, 0) is 6.61 Å². The molecule has 188 valence electrons. The van der Waals surface area contributed by atoms with Gasteiger partial charge in [-0.3, -0.25) is 0 Å².